The van der Waals surface area contributed by atoms with Crippen LogP contribution in [0.5, 0.6) is 11.8 Å². The highest BCUT2D eigenvalue weighted by Gasteiger charge is 2.32. The van der Waals surface area contributed by atoms with Gasteiger partial charge in [-0.1, -0.05) is 18.3 Å². The van der Waals surface area contributed by atoms with Crippen molar-refractivity contribution in [2.75, 3.05) is 26.6 Å². The first-order valence-corrected chi connectivity index (χ1v) is 9.44. The average molecular weight is 428 g/mol. The fourth-order valence-corrected chi connectivity index (χ4v) is 3.89. The third-order valence-electron chi connectivity index (χ3n) is 3.31. The van der Waals surface area contributed by atoms with Gasteiger partial charge in [-0.3, -0.25) is 5.32 Å². The second-order valence-corrected chi connectivity index (χ2v) is 7.21. The number of amides is 2. The molecule has 1 aromatic heterocycles. The van der Waals surface area contributed by atoms with Crippen LogP contribution in [-0.2, 0) is 19.6 Å². The van der Waals surface area contributed by atoms with Gasteiger partial charge in [-0.15, -0.1) is 0 Å². The fraction of sp³-hybridized carbons (Fsp3) is 0.267. The Balaban J connectivity index is 2.29. The number of hydrogen-bond donors (Lipinski definition) is 2. The molecule has 150 valence electrons. The van der Waals surface area contributed by atoms with E-state index in [-0.39, 0.29) is 34.6 Å². The van der Waals surface area contributed by atoms with E-state index in [1.54, 1.807) is 4.72 Å². The number of nitrogens with zero attached hydrogens (tertiary/aromatic N) is 2. The Bertz CT molecular complexity index is 964. The summed E-state index contributed by atoms with van der Waals surface area (Å²) in [7, 11) is -0.702. The van der Waals surface area contributed by atoms with Crippen LogP contribution in [-0.4, -0.2) is 56.6 Å². The Kier molecular flexibility index (Phi) is 6.64. The maximum absolute atomic E-state index is 12.6. The van der Waals surface area contributed by atoms with Crippen molar-refractivity contribution in [3.63, 3.8) is 0 Å². The van der Waals surface area contributed by atoms with Crippen LogP contribution < -0.4 is 19.5 Å². The van der Waals surface area contributed by atoms with Crippen LogP contribution in [0.2, 0.25) is 0 Å². The molecule has 0 saturated carbocycles. The van der Waals surface area contributed by atoms with Gasteiger partial charge in [-0.05, 0) is 6.08 Å². The minimum absolute atomic E-state index is 0.0394. The molecule has 2 N–H and O–H groups in total. The number of thiocarbonyl (C=S) groups is 1. The number of rotatable bonds is 6. The minimum atomic E-state index is -4.48. The highest BCUT2D eigenvalue weighted by Crippen LogP contribution is 2.23. The van der Waals surface area contributed by atoms with Crippen molar-refractivity contribution in [3.8, 4) is 11.8 Å². The Morgan fingerprint density at radius 3 is 2.29 bits per heavy atom. The van der Waals surface area contributed by atoms with Gasteiger partial charge in [-0.2, -0.15) is 9.97 Å². The summed E-state index contributed by atoms with van der Waals surface area (Å²) >= 11 is 5.04. The van der Waals surface area contributed by atoms with E-state index in [0.717, 1.165) is 7.11 Å². The molecule has 0 atom stereocenters. The maximum Gasteiger partial charge on any atom is 0.339 e. The third-order valence-corrected chi connectivity index (χ3v) is 5.27. The molecule has 2 rings (SSSR count). The molecular formula is C15H16N4O7S2. The van der Waals surface area contributed by atoms with Gasteiger partial charge in [-0.25, -0.2) is 22.7 Å². The summed E-state index contributed by atoms with van der Waals surface area (Å²) in [6.07, 6.45) is 2.90. The number of aromatic nitrogens is 2. The maximum atomic E-state index is 12.6. The number of sulfonamides is 1. The van der Waals surface area contributed by atoms with Crippen LogP contribution >= 0.6 is 12.2 Å². The van der Waals surface area contributed by atoms with E-state index in [2.05, 4.69) is 20.0 Å². The molecule has 2 amide bonds. The van der Waals surface area contributed by atoms with Crippen molar-refractivity contribution < 1.29 is 32.2 Å². The summed E-state index contributed by atoms with van der Waals surface area (Å²) in [4.78, 5) is 31.2. The molecule has 0 fully saturated rings. The first kappa shape index (κ1) is 21.2. The van der Waals surface area contributed by atoms with Crippen LogP contribution in [0.15, 0.2) is 28.7 Å². The molecule has 0 aromatic carbocycles. The van der Waals surface area contributed by atoms with Gasteiger partial charge in [0.25, 0.3) is 10.0 Å². The van der Waals surface area contributed by atoms with Crippen LogP contribution in [0.1, 0.15) is 6.42 Å². The Labute approximate surface area is 165 Å². The van der Waals surface area contributed by atoms with E-state index in [4.69, 9.17) is 21.7 Å². The van der Waals surface area contributed by atoms with Crippen molar-refractivity contribution in [1.82, 2.24) is 14.7 Å². The SMILES string of the molecule is COC(=O)C1=C(S(=O)(=O)NC(=O)Nc2nc(OC)cc(OC)n2)C(=S)CC=C1. The molecular weight excluding hydrogens is 412 g/mol. The molecule has 13 heteroatoms. The van der Waals surface area contributed by atoms with E-state index in [1.165, 1.54) is 32.4 Å². The summed E-state index contributed by atoms with van der Waals surface area (Å²) in [5.41, 5.74) is -0.279. The lowest BCUT2D eigenvalue weighted by atomic mass is 10.1. The molecule has 0 spiro atoms. The molecule has 0 bridgehead atoms. The third kappa shape index (κ3) is 4.80. The number of carbonyl (C=O) groups excluding carboxylic acids is 2. The van der Waals surface area contributed by atoms with Gasteiger partial charge in [0.2, 0.25) is 17.7 Å². The number of nitrogens with one attached hydrogen (secondary N) is 2. The number of hydrogen-bond acceptors (Lipinski definition) is 10. The molecule has 1 aliphatic carbocycles. The normalized spacial score (nSPS) is 13.8. The number of ether oxygens (including phenoxy) is 3. The lowest BCUT2D eigenvalue weighted by molar-refractivity contribution is -0.135. The van der Waals surface area contributed by atoms with Gasteiger partial charge in [0.1, 0.15) is 4.91 Å². The van der Waals surface area contributed by atoms with Gasteiger partial charge < -0.3 is 14.2 Å². The quantitative estimate of drug-likeness (QED) is 0.490. The predicted molar refractivity (Wildman–Crippen MR) is 102 cm³/mol. The lowest BCUT2D eigenvalue weighted by Crippen LogP contribution is -2.38. The van der Waals surface area contributed by atoms with Crippen LogP contribution in [0.3, 0.4) is 0 Å². The fourth-order valence-electron chi connectivity index (χ4n) is 2.14. The number of carbonyl (C=O) groups is 2. The van der Waals surface area contributed by atoms with Crippen LogP contribution in [0.25, 0.3) is 0 Å². The zero-order valence-corrected chi connectivity index (χ0v) is 16.6. The van der Waals surface area contributed by atoms with Crippen molar-refractivity contribution in [2.24, 2.45) is 0 Å². The zero-order valence-electron chi connectivity index (χ0n) is 15.0. The molecule has 0 unspecified atom stereocenters. The molecule has 11 nitrogen and oxygen atoms in total. The average Bonchev–Trinajstić information content (AvgIpc) is 2.65. The van der Waals surface area contributed by atoms with Gasteiger partial charge in [0, 0.05) is 11.3 Å². The van der Waals surface area contributed by atoms with E-state index < -0.39 is 26.9 Å². The largest absolute Gasteiger partial charge is 0.481 e. The highest BCUT2D eigenvalue weighted by molar-refractivity contribution is 7.97. The number of allylic oxidation sites excluding steroid dienone is 2. The summed E-state index contributed by atoms with van der Waals surface area (Å²) in [5.74, 6) is -1.00. The topological polar surface area (TPSA) is 146 Å². The minimum Gasteiger partial charge on any atom is -0.481 e. The number of urea groups is 1. The van der Waals surface area contributed by atoms with Crippen molar-refractivity contribution in [2.45, 2.75) is 6.42 Å². The molecule has 1 aromatic rings. The summed E-state index contributed by atoms with van der Waals surface area (Å²) in [6, 6.07) is 0.185. The number of esters is 1. The number of methoxy groups -OCH3 is 3. The van der Waals surface area contributed by atoms with Gasteiger partial charge in [0.15, 0.2) is 0 Å². The van der Waals surface area contributed by atoms with E-state index in [9.17, 15) is 18.0 Å². The first-order valence-electron chi connectivity index (χ1n) is 7.55. The summed E-state index contributed by atoms with van der Waals surface area (Å²) < 4.78 is 41.5. The Hall–Kier alpha value is -3.06. The smallest absolute Gasteiger partial charge is 0.339 e. The Morgan fingerprint density at radius 2 is 1.75 bits per heavy atom. The van der Waals surface area contributed by atoms with Crippen molar-refractivity contribution in [1.29, 1.82) is 0 Å². The zero-order chi connectivity index (χ0) is 20.9. The second-order valence-electron chi connectivity index (χ2n) is 5.10. The first-order chi connectivity index (χ1) is 13.2. The molecule has 0 aliphatic heterocycles. The Morgan fingerprint density at radius 1 is 1.14 bits per heavy atom. The van der Waals surface area contributed by atoms with Crippen LogP contribution in [0, 0.1) is 0 Å². The van der Waals surface area contributed by atoms with Crippen molar-refractivity contribution >= 4 is 45.1 Å². The second kappa shape index (κ2) is 8.75. The van der Waals surface area contributed by atoms with Gasteiger partial charge >= 0.3 is 12.0 Å². The molecule has 0 radical (unpaired) electrons. The summed E-state index contributed by atoms with van der Waals surface area (Å²) in [5, 5.41) is 2.15. The van der Waals surface area contributed by atoms with Crippen LogP contribution in [0.4, 0.5) is 10.7 Å². The lowest BCUT2D eigenvalue weighted by Gasteiger charge is -2.16. The standard InChI is InChI=1S/C15H16N4O7S2/c1-24-10-7-11(25-2)17-14(16-10)18-15(21)19-28(22,23)12-8(13(20)26-3)5-4-6-9(12)27/h4-5,7H,6H2,1-3H3,(H2,16,17,18,19,21). The van der Waals surface area contributed by atoms with Gasteiger partial charge in [0.05, 0.1) is 33.0 Å². The molecule has 28 heavy (non-hydrogen) atoms. The van der Waals surface area contributed by atoms with Crippen molar-refractivity contribution in [3.05, 3.63) is 28.7 Å². The predicted octanol–water partition coefficient (Wildman–Crippen LogP) is 0.702. The number of anilines is 1. The monoisotopic (exact) mass is 428 g/mol. The van der Waals surface area contributed by atoms with E-state index in [1.807, 2.05) is 0 Å². The summed E-state index contributed by atoms with van der Waals surface area (Å²) in [6.45, 7) is 0. The van der Waals surface area contributed by atoms with E-state index >= 15 is 0 Å². The molecule has 1 heterocycles. The van der Waals surface area contributed by atoms with E-state index in [0.29, 0.717) is 0 Å². The molecule has 0 saturated heterocycles. The highest BCUT2D eigenvalue weighted by atomic mass is 32.2. The molecule has 1 aliphatic rings.